The van der Waals surface area contributed by atoms with E-state index in [1.54, 1.807) is 19.2 Å². The van der Waals surface area contributed by atoms with E-state index in [2.05, 4.69) is 0 Å². The van der Waals surface area contributed by atoms with Gasteiger partial charge in [0.25, 0.3) is 0 Å². The number of benzene rings is 1. The van der Waals surface area contributed by atoms with E-state index in [0.29, 0.717) is 12.6 Å². The summed E-state index contributed by atoms with van der Waals surface area (Å²) in [6.45, 7) is 4.08. The Balaban J connectivity index is 3.20. The monoisotopic (exact) mass is 220 g/mol. The molecule has 3 heteroatoms. The van der Waals surface area contributed by atoms with E-state index in [9.17, 15) is 9.59 Å². The van der Waals surface area contributed by atoms with Crippen molar-refractivity contribution in [2.45, 2.75) is 25.7 Å². The molecule has 0 aliphatic rings. The van der Waals surface area contributed by atoms with Crippen LogP contribution in [0.25, 0.3) is 0 Å². The van der Waals surface area contributed by atoms with Gasteiger partial charge in [0.15, 0.2) is 0 Å². The van der Waals surface area contributed by atoms with Crippen molar-refractivity contribution in [3.63, 3.8) is 0 Å². The number of hydrogen-bond acceptors (Lipinski definition) is 3. The Bertz CT molecular complexity index is 375. The van der Waals surface area contributed by atoms with Gasteiger partial charge in [-0.2, -0.15) is 0 Å². The smallest absolute Gasteiger partial charge is 0.134 e. The number of carbonyl (C=O) groups excluding carboxylic acids is 2. The van der Waals surface area contributed by atoms with Crippen LogP contribution in [0, 0.1) is 0 Å². The van der Waals surface area contributed by atoms with Crippen LogP contribution in [0.2, 0.25) is 0 Å². The molecule has 0 bridgehead atoms. The molecule has 0 aliphatic carbocycles. The highest BCUT2D eigenvalue weighted by Crippen LogP contribution is 2.29. The fourth-order valence-corrected chi connectivity index (χ4v) is 1.60. The van der Waals surface area contributed by atoms with Crippen molar-refractivity contribution in [2.24, 2.45) is 0 Å². The van der Waals surface area contributed by atoms with Gasteiger partial charge in [0, 0.05) is 0 Å². The van der Waals surface area contributed by atoms with Crippen molar-refractivity contribution in [3.05, 3.63) is 29.3 Å². The Morgan fingerprint density at radius 2 is 1.81 bits per heavy atom. The Labute approximate surface area is 95.4 Å². The van der Waals surface area contributed by atoms with Crippen LogP contribution < -0.4 is 4.74 Å². The maximum absolute atomic E-state index is 10.7. The lowest BCUT2D eigenvalue weighted by Crippen LogP contribution is -2.03. The third kappa shape index (κ3) is 2.48. The molecule has 0 heterocycles. The number of aldehydes is 2. The molecule has 0 saturated carbocycles. The van der Waals surface area contributed by atoms with Crippen molar-refractivity contribution in [2.75, 3.05) is 7.11 Å². The highest BCUT2D eigenvalue weighted by atomic mass is 16.5. The highest BCUT2D eigenvalue weighted by molar-refractivity contribution is 5.85. The van der Waals surface area contributed by atoms with Gasteiger partial charge < -0.3 is 14.3 Å². The summed E-state index contributed by atoms with van der Waals surface area (Å²) in [6.07, 6.45) is 1.30. The molecule has 0 fully saturated rings. The summed E-state index contributed by atoms with van der Waals surface area (Å²) in [6, 6.07) is 5.40. The summed E-state index contributed by atoms with van der Waals surface area (Å²) in [5.41, 5.74) is 1.73. The first-order valence-electron chi connectivity index (χ1n) is 5.22. The van der Waals surface area contributed by atoms with Gasteiger partial charge in [-0.05, 0) is 23.1 Å². The van der Waals surface area contributed by atoms with E-state index in [0.717, 1.165) is 16.9 Å². The van der Waals surface area contributed by atoms with E-state index < -0.39 is 5.92 Å². The van der Waals surface area contributed by atoms with Crippen molar-refractivity contribution < 1.29 is 14.3 Å². The first-order valence-corrected chi connectivity index (χ1v) is 5.22. The lowest BCUT2D eigenvalue weighted by atomic mass is 9.94. The second kappa shape index (κ2) is 5.45. The van der Waals surface area contributed by atoms with E-state index in [4.69, 9.17) is 4.74 Å². The molecule has 1 aromatic carbocycles. The van der Waals surface area contributed by atoms with Gasteiger partial charge in [-0.1, -0.05) is 26.0 Å². The molecular weight excluding hydrogens is 204 g/mol. The van der Waals surface area contributed by atoms with Crippen LogP contribution in [0.15, 0.2) is 18.2 Å². The Hall–Kier alpha value is -1.64. The Morgan fingerprint density at radius 1 is 1.19 bits per heavy atom. The zero-order chi connectivity index (χ0) is 12.1. The third-order valence-corrected chi connectivity index (χ3v) is 2.55. The number of carbonyl (C=O) groups is 2. The number of hydrogen-bond donors (Lipinski definition) is 0. The van der Waals surface area contributed by atoms with Crippen molar-refractivity contribution >= 4 is 12.6 Å². The molecule has 0 amide bonds. The fraction of sp³-hybridized carbons (Fsp3) is 0.385. The Morgan fingerprint density at radius 3 is 2.25 bits per heavy atom. The minimum Gasteiger partial charge on any atom is -0.496 e. The number of ether oxygens (including phenoxy) is 1. The quantitative estimate of drug-likeness (QED) is 0.565. The molecule has 0 atom stereocenters. The van der Waals surface area contributed by atoms with E-state index in [-0.39, 0.29) is 5.92 Å². The Kier molecular flexibility index (Phi) is 4.23. The number of rotatable bonds is 5. The van der Waals surface area contributed by atoms with E-state index >= 15 is 0 Å². The van der Waals surface area contributed by atoms with Gasteiger partial charge in [0.2, 0.25) is 0 Å². The molecule has 1 rings (SSSR count). The van der Waals surface area contributed by atoms with Crippen LogP contribution in [0.4, 0.5) is 0 Å². The zero-order valence-corrected chi connectivity index (χ0v) is 9.77. The van der Waals surface area contributed by atoms with Crippen molar-refractivity contribution in [1.29, 1.82) is 0 Å². The van der Waals surface area contributed by atoms with Crippen molar-refractivity contribution in [3.8, 4) is 5.75 Å². The van der Waals surface area contributed by atoms with E-state index in [1.807, 2.05) is 19.9 Å². The molecule has 16 heavy (non-hydrogen) atoms. The van der Waals surface area contributed by atoms with Crippen LogP contribution in [0.5, 0.6) is 5.75 Å². The summed E-state index contributed by atoms with van der Waals surface area (Å²) in [4.78, 5) is 21.4. The van der Waals surface area contributed by atoms with Gasteiger partial charge in [-0.15, -0.1) is 0 Å². The summed E-state index contributed by atoms with van der Waals surface area (Å²) in [5.74, 6) is 0.395. The van der Waals surface area contributed by atoms with E-state index in [1.165, 1.54) is 0 Å². The van der Waals surface area contributed by atoms with Crippen LogP contribution in [0.3, 0.4) is 0 Å². The molecule has 0 radical (unpaired) electrons. The summed E-state index contributed by atoms with van der Waals surface area (Å²) in [7, 11) is 1.61. The average molecular weight is 220 g/mol. The molecule has 0 aliphatic heterocycles. The minimum atomic E-state index is -0.677. The largest absolute Gasteiger partial charge is 0.496 e. The topological polar surface area (TPSA) is 43.4 Å². The molecular formula is C13H16O3. The fourth-order valence-electron chi connectivity index (χ4n) is 1.60. The molecule has 3 nitrogen and oxygen atoms in total. The maximum Gasteiger partial charge on any atom is 0.134 e. The standard InChI is InChI=1S/C13H16O3/c1-9(2)12-6-10(11(7-14)8-15)4-5-13(12)16-3/h4-9,11H,1-3H3. The molecule has 0 N–H and O–H groups in total. The SMILES string of the molecule is COc1ccc(C(C=O)C=O)cc1C(C)C. The predicted molar refractivity (Wildman–Crippen MR) is 62.0 cm³/mol. The van der Waals surface area contributed by atoms with Crippen LogP contribution in [-0.2, 0) is 9.59 Å². The van der Waals surface area contributed by atoms with Crippen LogP contribution >= 0.6 is 0 Å². The second-order valence-corrected chi connectivity index (χ2v) is 3.95. The molecule has 0 spiro atoms. The first kappa shape index (κ1) is 12.4. The normalized spacial score (nSPS) is 10.6. The average Bonchev–Trinajstić information content (AvgIpc) is 2.30. The number of methoxy groups -OCH3 is 1. The summed E-state index contributed by atoms with van der Waals surface area (Å²) < 4.78 is 5.23. The lowest BCUT2D eigenvalue weighted by Gasteiger charge is -2.14. The third-order valence-electron chi connectivity index (χ3n) is 2.55. The van der Waals surface area contributed by atoms with Crippen molar-refractivity contribution in [1.82, 2.24) is 0 Å². The van der Waals surface area contributed by atoms with Crippen LogP contribution in [-0.4, -0.2) is 19.7 Å². The van der Waals surface area contributed by atoms with Gasteiger partial charge in [0.05, 0.1) is 13.0 Å². The molecule has 0 unspecified atom stereocenters. The van der Waals surface area contributed by atoms with Gasteiger partial charge in [-0.25, -0.2) is 0 Å². The van der Waals surface area contributed by atoms with Gasteiger partial charge in [0.1, 0.15) is 18.3 Å². The molecule has 1 aromatic rings. The van der Waals surface area contributed by atoms with Crippen LogP contribution in [0.1, 0.15) is 36.8 Å². The first-order chi connectivity index (χ1) is 7.63. The molecule has 0 saturated heterocycles. The lowest BCUT2D eigenvalue weighted by molar-refractivity contribution is -0.116. The zero-order valence-electron chi connectivity index (χ0n) is 9.77. The minimum absolute atomic E-state index is 0.286. The maximum atomic E-state index is 10.7. The molecule has 0 aromatic heterocycles. The predicted octanol–water partition coefficient (Wildman–Crippen LogP) is 2.30. The van der Waals surface area contributed by atoms with Gasteiger partial charge >= 0.3 is 0 Å². The highest BCUT2D eigenvalue weighted by Gasteiger charge is 2.13. The molecule has 86 valence electrons. The summed E-state index contributed by atoms with van der Waals surface area (Å²) in [5, 5.41) is 0. The summed E-state index contributed by atoms with van der Waals surface area (Å²) >= 11 is 0. The second-order valence-electron chi connectivity index (χ2n) is 3.95. The van der Waals surface area contributed by atoms with Gasteiger partial charge in [-0.3, -0.25) is 0 Å².